The molecule has 0 aliphatic heterocycles. The highest BCUT2D eigenvalue weighted by atomic mass is 35.5. The first-order chi connectivity index (χ1) is 7.59. The number of rotatable bonds is 2. The van der Waals surface area contributed by atoms with E-state index in [9.17, 15) is 4.79 Å². The van der Waals surface area contributed by atoms with Gasteiger partial charge in [-0.05, 0) is 12.1 Å². The van der Waals surface area contributed by atoms with E-state index in [1.807, 2.05) is 0 Å². The Morgan fingerprint density at radius 1 is 1.38 bits per heavy atom. The van der Waals surface area contributed by atoms with Gasteiger partial charge in [0.05, 0.1) is 10.7 Å². The molecule has 0 spiro atoms. The van der Waals surface area contributed by atoms with Crippen LogP contribution in [-0.4, -0.2) is 4.68 Å². The van der Waals surface area contributed by atoms with E-state index >= 15 is 0 Å². The van der Waals surface area contributed by atoms with Gasteiger partial charge in [-0.1, -0.05) is 23.7 Å². The molecule has 0 bridgehead atoms. The van der Waals surface area contributed by atoms with Gasteiger partial charge in [-0.15, -0.1) is 0 Å². The van der Waals surface area contributed by atoms with E-state index in [1.165, 1.54) is 0 Å². The standard InChI is InChI=1S/C9H9ClN4O2/c10-5-3-1-2-4-6(5)13-8-7(11)16-9(15)14(8)12/h1-4,13H,11-12H2. The number of hydrogen-bond acceptors (Lipinski definition) is 5. The number of nitrogens with one attached hydrogen (secondary N) is 1. The summed E-state index contributed by atoms with van der Waals surface area (Å²) >= 11 is 5.92. The summed E-state index contributed by atoms with van der Waals surface area (Å²) in [5.74, 6) is 4.76. The van der Waals surface area contributed by atoms with Crippen LogP contribution in [0.25, 0.3) is 0 Å². The number of nitrogen functional groups attached to an aromatic ring is 2. The molecule has 0 unspecified atom stereocenters. The highest BCUT2D eigenvalue weighted by Gasteiger charge is 2.12. The SMILES string of the molecule is Nc1oc(=O)n(N)c1Nc1ccccc1Cl. The maximum absolute atomic E-state index is 11.1. The summed E-state index contributed by atoms with van der Waals surface area (Å²) in [4.78, 5) is 11.1. The molecule has 0 amide bonds. The highest BCUT2D eigenvalue weighted by molar-refractivity contribution is 6.33. The van der Waals surface area contributed by atoms with Crippen LogP contribution >= 0.6 is 11.6 Å². The van der Waals surface area contributed by atoms with Crippen molar-refractivity contribution in [3.05, 3.63) is 39.8 Å². The molecule has 0 aliphatic carbocycles. The minimum atomic E-state index is -0.743. The molecule has 1 aromatic carbocycles. The first-order valence-electron chi connectivity index (χ1n) is 4.37. The molecule has 16 heavy (non-hydrogen) atoms. The number of nitrogens with zero attached hydrogens (tertiary/aromatic N) is 1. The van der Waals surface area contributed by atoms with E-state index in [0.29, 0.717) is 10.7 Å². The van der Waals surface area contributed by atoms with Crippen LogP contribution < -0.4 is 22.6 Å². The normalized spacial score (nSPS) is 10.3. The fourth-order valence-electron chi connectivity index (χ4n) is 1.21. The topological polar surface area (TPSA) is 99.2 Å². The van der Waals surface area contributed by atoms with E-state index in [2.05, 4.69) is 9.73 Å². The van der Waals surface area contributed by atoms with E-state index in [-0.39, 0.29) is 11.7 Å². The van der Waals surface area contributed by atoms with Crippen LogP contribution in [0.2, 0.25) is 5.02 Å². The van der Waals surface area contributed by atoms with E-state index in [0.717, 1.165) is 4.68 Å². The van der Waals surface area contributed by atoms with Crippen LogP contribution in [-0.2, 0) is 0 Å². The first-order valence-corrected chi connectivity index (χ1v) is 4.75. The van der Waals surface area contributed by atoms with Crippen LogP contribution in [0.5, 0.6) is 0 Å². The second-order valence-corrected chi connectivity index (χ2v) is 3.46. The Morgan fingerprint density at radius 2 is 2.06 bits per heavy atom. The fraction of sp³-hybridized carbons (Fsp3) is 0. The minimum Gasteiger partial charge on any atom is -0.388 e. The number of nitrogens with two attached hydrogens (primary N) is 2. The smallest absolute Gasteiger partial charge is 0.388 e. The number of anilines is 3. The summed E-state index contributed by atoms with van der Waals surface area (Å²) < 4.78 is 5.39. The second-order valence-electron chi connectivity index (χ2n) is 3.06. The Balaban J connectivity index is 2.42. The number of halogens is 1. The van der Waals surface area contributed by atoms with Crippen LogP contribution in [0, 0.1) is 0 Å². The Labute approximate surface area is 95.4 Å². The lowest BCUT2D eigenvalue weighted by molar-refractivity contribution is 0.516. The zero-order valence-electron chi connectivity index (χ0n) is 8.11. The van der Waals surface area contributed by atoms with E-state index in [4.69, 9.17) is 23.2 Å². The molecule has 0 aliphatic rings. The second kappa shape index (κ2) is 3.82. The van der Waals surface area contributed by atoms with Crippen molar-refractivity contribution in [1.82, 2.24) is 4.68 Å². The van der Waals surface area contributed by atoms with Gasteiger partial charge in [-0.25, -0.2) is 4.79 Å². The predicted molar refractivity (Wildman–Crippen MR) is 62.3 cm³/mol. The minimum absolute atomic E-state index is 0.0904. The lowest BCUT2D eigenvalue weighted by Gasteiger charge is -2.07. The average molecular weight is 241 g/mol. The average Bonchev–Trinajstić information content (AvgIpc) is 2.48. The third-order valence-corrected chi connectivity index (χ3v) is 2.32. The molecule has 0 atom stereocenters. The van der Waals surface area contributed by atoms with Gasteiger partial charge in [-0.3, -0.25) is 0 Å². The third-order valence-electron chi connectivity index (χ3n) is 2.00. The molecular formula is C9H9ClN4O2. The van der Waals surface area contributed by atoms with Crippen LogP contribution in [0.1, 0.15) is 0 Å². The molecule has 84 valence electrons. The van der Waals surface area contributed by atoms with Gasteiger partial charge < -0.3 is 21.3 Å². The highest BCUT2D eigenvalue weighted by Crippen LogP contribution is 2.26. The first kappa shape index (κ1) is 10.4. The number of para-hydroxylation sites is 1. The third kappa shape index (κ3) is 1.70. The molecule has 6 nitrogen and oxygen atoms in total. The molecule has 7 heteroatoms. The molecule has 2 rings (SSSR count). The van der Waals surface area contributed by atoms with Gasteiger partial charge in [0.25, 0.3) is 0 Å². The van der Waals surface area contributed by atoms with Gasteiger partial charge in [0.2, 0.25) is 5.88 Å². The van der Waals surface area contributed by atoms with Crippen LogP contribution in [0.3, 0.4) is 0 Å². The summed E-state index contributed by atoms with van der Waals surface area (Å²) in [5.41, 5.74) is 6.05. The van der Waals surface area contributed by atoms with Gasteiger partial charge >= 0.3 is 5.76 Å². The molecule has 5 N–H and O–H groups in total. The molecule has 0 radical (unpaired) electrons. The Hall–Kier alpha value is -2.08. The molecule has 1 aromatic heterocycles. The van der Waals surface area contributed by atoms with Crippen LogP contribution in [0.15, 0.2) is 33.5 Å². The molecule has 1 heterocycles. The van der Waals surface area contributed by atoms with Crippen molar-refractivity contribution in [1.29, 1.82) is 0 Å². The lowest BCUT2D eigenvalue weighted by atomic mass is 10.3. The summed E-state index contributed by atoms with van der Waals surface area (Å²) in [6.07, 6.45) is 0. The van der Waals surface area contributed by atoms with Gasteiger partial charge in [0, 0.05) is 0 Å². The number of aromatic nitrogens is 1. The maximum atomic E-state index is 11.1. The lowest BCUT2D eigenvalue weighted by Crippen LogP contribution is -2.23. The van der Waals surface area contributed by atoms with Gasteiger partial charge in [0.15, 0.2) is 5.82 Å². The van der Waals surface area contributed by atoms with E-state index < -0.39 is 5.76 Å². The molecule has 2 aromatic rings. The summed E-state index contributed by atoms with van der Waals surface area (Å²) in [6, 6.07) is 6.98. The van der Waals surface area contributed by atoms with Gasteiger partial charge in [-0.2, -0.15) is 4.68 Å². The van der Waals surface area contributed by atoms with Crippen molar-refractivity contribution < 1.29 is 4.42 Å². The van der Waals surface area contributed by atoms with E-state index in [1.54, 1.807) is 24.3 Å². The van der Waals surface area contributed by atoms with Crippen molar-refractivity contribution >= 4 is 29.0 Å². The zero-order valence-corrected chi connectivity index (χ0v) is 8.86. The summed E-state index contributed by atoms with van der Waals surface area (Å²) in [6.45, 7) is 0. The van der Waals surface area contributed by atoms with Gasteiger partial charge in [0.1, 0.15) is 0 Å². The van der Waals surface area contributed by atoms with Crippen LogP contribution in [0.4, 0.5) is 17.4 Å². The quantitative estimate of drug-likeness (QED) is 0.684. The largest absolute Gasteiger partial charge is 0.441 e. The molecule has 0 fully saturated rings. The maximum Gasteiger partial charge on any atom is 0.441 e. The van der Waals surface area contributed by atoms with Crippen molar-refractivity contribution in [2.24, 2.45) is 0 Å². The van der Waals surface area contributed by atoms with Crippen molar-refractivity contribution in [2.45, 2.75) is 0 Å². The number of hydrogen-bond donors (Lipinski definition) is 3. The molecule has 0 saturated carbocycles. The predicted octanol–water partition coefficient (Wildman–Crippen LogP) is 1.13. The number of oxazole rings is 1. The van der Waals surface area contributed by atoms with Crippen molar-refractivity contribution in [2.75, 3.05) is 16.9 Å². The zero-order chi connectivity index (χ0) is 11.7. The molecule has 0 saturated heterocycles. The summed E-state index contributed by atoms with van der Waals surface area (Å²) in [5, 5.41) is 3.30. The van der Waals surface area contributed by atoms with Crippen molar-refractivity contribution in [3.8, 4) is 0 Å². The van der Waals surface area contributed by atoms with Crippen molar-refractivity contribution in [3.63, 3.8) is 0 Å². The fourth-order valence-corrected chi connectivity index (χ4v) is 1.40. The Kier molecular flexibility index (Phi) is 2.49. The molecular weight excluding hydrogens is 232 g/mol. The summed E-state index contributed by atoms with van der Waals surface area (Å²) in [7, 11) is 0. The Morgan fingerprint density at radius 3 is 2.62 bits per heavy atom. The monoisotopic (exact) mass is 240 g/mol. The number of benzene rings is 1. The Bertz CT molecular complexity index is 575.